The molecule has 0 bridgehead atoms. The molecule has 1 aromatic heterocycles. The number of anilines is 1. The minimum absolute atomic E-state index is 0.0180. The van der Waals surface area contributed by atoms with Gasteiger partial charge in [0.25, 0.3) is 5.91 Å². The molecule has 2 N–H and O–H groups in total. The molecule has 0 aliphatic carbocycles. The van der Waals surface area contributed by atoms with Gasteiger partial charge in [-0.1, -0.05) is 18.5 Å². The first-order valence-electron chi connectivity index (χ1n) is 6.46. The quantitative estimate of drug-likeness (QED) is 0.800. The van der Waals surface area contributed by atoms with E-state index in [1.54, 1.807) is 26.1 Å². The lowest BCUT2D eigenvalue weighted by atomic mass is 10.1. The van der Waals surface area contributed by atoms with Gasteiger partial charge in [-0.2, -0.15) is 0 Å². The molecule has 1 aliphatic rings. The fourth-order valence-electron chi connectivity index (χ4n) is 2.15. The van der Waals surface area contributed by atoms with Crippen LogP contribution in [0.4, 0.5) is 5.82 Å². The molecular formula is C13H15ClN4O3. The third-order valence-corrected chi connectivity index (χ3v) is 3.51. The number of piperazine rings is 1. The smallest absolute Gasteiger partial charge is 0.275 e. The number of carbonyl (C=O) groups excluding carboxylic acids is 3. The molecule has 2 rings (SSSR count). The number of pyridine rings is 1. The lowest BCUT2D eigenvalue weighted by molar-refractivity contribution is -0.138. The summed E-state index contributed by atoms with van der Waals surface area (Å²) in [6.45, 7) is 1.57. The van der Waals surface area contributed by atoms with E-state index in [2.05, 4.69) is 15.6 Å². The molecule has 7 nitrogen and oxygen atoms in total. The number of nitrogens with one attached hydrogen (secondary N) is 2. The molecule has 0 spiro atoms. The van der Waals surface area contributed by atoms with E-state index in [9.17, 15) is 14.4 Å². The van der Waals surface area contributed by atoms with Crippen molar-refractivity contribution in [3.8, 4) is 0 Å². The Morgan fingerprint density at radius 2 is 2.24 bits per heavy atom. The highest BCUT2D eigenvalue weighted by Crippen LogP contribution is 2.21. The zero-order valence-corrected chi connectivity index (χ0v) is 12.4. The molecule has 0 radical (unpaired) electrons. The number of nitrogens with zero attached hydrogens (tertiary/aromatic N) is 2. The van der Waals surface area contributed by atoms with Crippen LogP contribution in [0.5, 0.6) is 0 Å². The lowest BCUT2D eigenvalue weighted by Crippen LogP contribution is -2.59. The van der Waals surface area contributed by atoms with Gasteiger partial charge in [-0.15, -0.1) is 0 Å². The highest BCUT2D eigenvalue weighted by molar-refractivity contribution is 6.33. The van der Waals surface area contributed by atoms with E-state index in [1.165, 1.54) is 4.90 Å². The van der Waals surface area contributed by atoms with E-state index < -0.39 is 23.8 Å². The van der Waals surface area contributed by atoms with Gasteiger partial charge in [-0.3, -0.25) is 19.7 Å². The Morgan fingerprint density at radius 1 is 1.52 bits per heavy atom. The van der Waals surface area contributed by atoms with Crippen LogP contribution in [0.3, 0.4) is 0 Å². The Hall–Kier alpha value is -2.15. The molecule has 1 fully saturated rings. The summed E-state index contributed by atoms with van der Waals surface area (Å²) in [5.41, 5.74) is 0.0180. The Labute approximate surface area is 126 Å². The number of imide groups is 1. The Bertz CT molecular complexity index is 605. The summed E-state index contributed by atoms with van der Waals surface area (Å²) in [4.78, 5) is 41.2. The minimum Gasteiger partial charge on any atom is -0.373 e. The number of hydrogen-bond acceptors (Lipinski definition) is 5. The monoisotopic (exact) mass is 310 g/mol. The molecule has 2 heterocycles. The van der Waals surface area contributed by atoms with E-state index in [0.717, 1.165) is 0 Å². The van der Waals surface area contributed by atoms with Crippen LogP contribution in [0.15, 0.2) is 12.1 Å². The van der Waals surface area contributed by atoms with Crippen LogP contribution >= 0.6 is 11.6 Å². The van der Waals surface area contributed by atoms with Crippen molar-refractivity contribution in [2.45, 2.75) is 19.4 Å². The molecule has 21 heavy (non-hydrogen) atoms. The summed E-state index contributed by atoms with van der Waals surface area (Å²) < 4.78 is 0. The molecule has 0 saturated carbocycles. The molecular weight excluding hydrogens is 296 g/mol. The van der Waals surface area contributed by atoms with Crippen LogP contribution in [0.2, 0.25) is 5.02 Å². The first-order valence-corrected chi connectivity index (χ1v) is 6.84. The van der Waals surface area contributed by atoms with Gasteiger partial charge in [0.15, 0.2) is 0 Å². The van der Waals surface area contributed by atoms with Crippen LogP contribution in [0, 0.1) is 0 Å². The maximum absolute atomic E-state index is 12.6. The number of halogens is 1. The SMILES string of the molecule is CCC1C(=O)NC(=O)CN1C(=O)c1nc(NC)ccc1Cl. The summed E-state index contributed by atoms with van der Waals surface area (Å²) in [5, 5.41) is 5.20. The third kappa shape index (κ3) is 2.97. The largest absolute Gasteiger partial charge is 0.373 e. The first-order chi connectivity index (χ1) is 9.97. The summed E-state index contributed by atoms with van der Waals surface area (Å²) in [6.07, 6.45) is 0.397. The van der Waals surface area contributed by atoms with Crippen molar-refractivity contribution >= 4 is 35.1 Å². The standard InChI is InChI=1S/C13H15ClN4O3/c1-3-8-12(20)17-10(19)6-18(8)13(21)11-7(14)4-5-9(15-2)16-11/h4-5,8H,3,6H2,1-2H3,(H,15,16)(H,17,19,20). The van der Waals surface area contributed by atoms with E-state index >= 15 is 0 Å². The van der Waals surface area contributed by atoms with Gasteiger partial charge in [0.2, 0.25) is 11.8 Å². The van der Waals surface area contributed by atoms with Crippen molar-refractivity contribution in [3.63, 3.8) is 0 Å². The van der Waals surface area contributed by atoms with Gasteiger partial charge >= 0.3 is 0 Å². The summed E-state index contributed by atoms with van der Waals surface area (Å²) in [6, 6.07) is 2.47. The molecule has 3 amide bonds. The van der Waals surface area contributed by atoms with Gasteiger partial charge in [-0.25, -0.2) is 4.98 Å². The van der Waals surface area contributed by atoms with Gasteiger partial charge in [-0.05, 0) is 18.6 Å². The van der Waals surface area contributed by atoms with Gasteiger partial charge < -0.3 is 10.2 Å². The van der Waals surface area contributed by atoms with E-state index in [1.807, 2.05) is 0 Å². The van der Waals surface area contributed by atoms with Crippen LogP contribution in [0.1, 0.15) is 23.8 Å². The average Bonchev–Trinajstić information content (AvgIpc) is 2.46. The molecule has 0 aromatic carbocycles. The van der Waals surface area contributed by atoms with Crippen LogP contribution < -0.4 is 10.6 Å². The fourth-order valence-corrected chi connectivity index (χ4v) is 2.34. The van der Waals surface area contributed by atoms with Crippen molar-refractivity contribution in [1.29, 1.82) is 0 Å². The predicted octanol–water partition coefficient (Wildman–Crippen LogP) is 0.654. The number of hydrogen-bond donors (Lipinski definition) is 2. The van der Waals surface area contributed by atoms with Crippen LogP contribution in [0.25, 0.3) is 0 Å². The van der Waals surface area contributed by atoms with Crippen LogP contribution in [-0.2, 0) is 9.59 Å². The summed E-state index contributed by atoms with van der Waals surface area (Å²) in [7, 11) is 1.66. The number of rotatable bonds is 3. The van der Waals surface area contributed by atoms with Crippen molar-refractivity contribution in [3.05, 3.63) is 22.8 Å². The maximum atomic E-state index is 12.6. The maximum Gasteiger partial charge on any atom is 0.275 e. The third-order valence-electron chi connectivity index (χ3n) is 3.21. The van der Waals surface area contributed by atoms with Gasteiger partial charge in [0, 0.05) is 7.05 Å². The average molecular weight is 311 g/mol. The van der Waals surface area contributed by atoms with E-state index in [-0.39, 0.29) is 17.3 Å². The normalized spacial score (nSPS) is 18.4. The van der Waals surface area contributed by atoms with E-state index in [4.69, 9.17) is 11.6 Å². The zero-order valence-electron chi connectivity index (χ0n) is 11.6. The topological polar surface area (TPSA) is 91.4 Å². The fraction of sp³-hybridized carbons (Fsp3) is 0.385. The second kappa shape index (κ2) is 6.09. The van der Waals surface area contributed by atoms with Gasteiger partial charge in [0.05, 0.1) is 5.02 Å². The van der Waals surface area contributed by atoms with Crippen molar-refractivity contribution in [2.24, 2.45) is 0 Å². The second-order valence-corrected chi connectivity index (χ2v) is 4.95. The van der Waals surface area contributed by atoms with E-state index in [0.29, 0.717) is 12.2 Å². The molecule has 112 valence electrons. The Kier molecular flexibility index (Phi) is 4.42. The highest BCUT2D eigenvalue weighted by Gasteiger charge is 2.37. The van der Waals surface area contributed by atoms with Crippen LogP contribution in [-0.4, -0.2) is 47.2 Å². The molecule has 8 heteroatoms. The molecule has 1 aliphatic heterocycles. The lowest BCUT2D eigenvalue weighted by Gasteiger charge is -2.33. The molecule has 1 unspecified atom stereocenters. The Balaban J connectivity index is 2.37. The van der Waals surface area contributed by atoms with Crippen molar-refractivity contribution in [2.75, 3.05) is 18.9 Å². The molecule has 1 atom stereocenters. The zero-order chi connectivity index (χ0) is 15.6. The number of aromatic nitrogens is 1. The second-order valence-electron chi connectivity index (χ2n) is 4.55. The molecule has 1 aromatic rings. The Morgan fingerprint density at radius 3 is 2.86 bits per heavy atom. The summed E-state index contributed by atoms with van der Waals surface area (Å²) >= 11 is 6.01. The number of amides is 3. The van der Waals surface area contributed by atoms with Crippen molar-refractivity contribution < 1.29 is 14.4 Å². The molecule has 1 saturated heterocycles. The highest BCUT2D eigenvalue weighted by atomic mass is 35.5. The first kappa shape index (κ1) is 15.2. The minimum atomic E-state index is -0.702. The predicted molar refractivity (Wildman–Crippen MR) is 77.1 cm³/mol. The van der Waals surface area contributed by atoms with Crippen molar-refractivity contribution in [1.82, 2.24) is 15.2 Å². The summed E-state index contributed by atoms with van der Waals surface area (Å²) in [5.74, 6) is -1.06. The van der Waals surface area contributed by atoms with Gasteiger partial charge in [0.1, 0.15) is 24.1 Å². The number of carbonyl (C=O) groups is 3.